The van der Waals surface area contributed by atoms with Crippen LogP contribution < -0.4 is 0 Å². The molecule has 0 aromatic heterocycles. The number of carbonyl (C=O) groups is 2. The summed E-state index contributed by atoms with van der Waals surface area (Å²) in [6.45, 7) is 0. The van der Waals surface area contributed by atoms with E-state index in [2.05, 4.69) is 4.84 Å². The molecule has 132 valence electrons. The van der Waals surface area contributed by atoms with Crippen molar-refractivity contribution in [3.05, 3.63) is 28.8 Å². The van der Waals surface area contributed by atoms with Crippen LogP contribution in [0.2, 0.25) is 5.02 Å². The Bertz CT molecular complexity index is 748. The van der Waals surface area contributed by atoms with Gasteiger partial charge in [-0.3, -0.25) is 9.63 Å². The van der Waals surface area contributed by atoms with Gasteiger partial charge in [0.25, 0.3) is 10.0 Å². The summed E-state index contributed by atoms with van der Waals surface area (Å²) < 4.78 is 30.4. The molecule has 1 fully saturated rings. The molecule has 0 unspecified atom stereocenters. The minimum absolute atomic E-state index is 0.0438. The topological polar surface area (TPSA) is 90.0 Å². The number of hydrogen-bond acceptors (Lipinski definition) is 6. The Balaban J connectivity index is 2.28. The first-order valence-corrected chi connectivity index (χ1v) is 9.15. The van der Waals surface area contributed by atoms with Gasteiger partial charge in [-0.1, -0.05) is 16.1 Å². The fraction of sp³-hybridized carbons (Fsp3) is 0.467. The van der Waals surface area contributed by atoms with Gasteiger partial charge < -0.3 is 4.74 Å². The first-order valence-electron chi connectivity index (χ1n) is 7.33. The molecule has 0 bridgehead atoms. The van der Waals surface area contributed by atoms with E-state index >= 15 is 0 Å². The van der Waals surface area contributed by atoms with Crippen LogP contribution in [0.15, 0.2) is 23.1 Å². The van der Waals surface area contributed by atoms with Crippen LogP contribution in [-0.4, -0.2) is 44.9 Å². The molecule has 2 rings (SSSR count). The lowest BCUT2D eigenvalue weighted by molar-refractivity contribution is -0.129. The summed E-state index contributed by atoms with van der Waals surface area (Å²) in [6, 6.07) is 3.66. The van der Waals surface area contributed by atoms with E-state index in [1.54, 1.807) is 0 Å². The van der Waals surface area contributed by atoms with Crippen LogP contribution in [0.1, 0.15) is 36.0 Å². The Morgan fingerprint density at radius 3 is 2.67 bits per heavy atom. The van der Waals surface area contributed by atoms with Crippen molar-refractivity contribution < 1.29 is 27.6 Å². The Labute approximate surface area is 145 Å². The van der Waals surface area contributed by atoms with Crippen LogP contribution in [-0.2, 0) is 24.4 Å². The van der Waals surface area contributed by atoms with Gasteiger partial charge in [0.2, 0.25) is 0 Å². The summed E-state index contributed by atoms with van der Waals surface area (Å²) in [7, 11) is -1.50. The Morgan fingerprint density at radius 2 is 2.04 bits per heavy atom. The second kappa shape index (κ2) is 7.60. The predicted octanol–water partition coefficient (Wildman–Crippen LogP) is 2.19. The standard InChI is InChI=1S/C15H18ClNO6S/c1-17(22-2)24(20,21)10-7-8-12(16)11(9-10)15(19)23-14-6-4-3-5-13(14)18/h7-9,14H,3-6H2,1-2H3/t14-/m1/s1. The van der Waals surface area contributed by atoms with Gasteiger partial charge in [0.15, 0.2) is 11.9 Å². The Kier molecular flexibility index (Phi) is 5.97. The van der Waals surface area contributed by atoms with Crippen LogP contribution in [0, 0.1) is 0 Å². The number of hydroxylamine groups is 1. The van der Waals surface area contributed by atoms with Crippen molar-refractivity contribution in [3.63, 3.8) is 0 Å². The zero-order valence-corrected chi connectivity index (χ0v) is 14.9. The second-order valence-corrected chi connectivity index (χ2v) is 7.69. The number of ketones is 1. The van der Waals surface area contributed by atoms with Crippen LogP contribution >= 0.6 is 11.6 Å². The molecule has 1 atom stereocenters. The van der Waals surface area contributed by atoms with Crippen molar-refractivity contribution in [2.24, 2.45) is 0 Å². The van der Waals surface area contributed by atoms with Crippen molar-refractivity contribution >= 4 is 33.4 Å². The number of benzene rings is 1. The minimum Gasteiger partial charge on any atom is -0.451 e. The monoisotopic (exact) mass is 375 g/mol. The van der Waals surface area contributed by atoms with E-state index in [0.717, 1.165) is 18.9 Å². The second-order valence-electron chi connectivity index (χ2n) is 5.35. The number of ether oxygens (including phenoxy) is 1. The number of nitrogens with zero attached hydrogens (tertiary/aromatic N) is 1. The zero-order chi connectivity index (χ0) is 17.9. The number of carbonyl (C=O) groups excluding carboxylic acids is 2. The van der Waals surface area contributed by atoms with Crippen molar-refractivity contribution in [1.29, 1.82) is 0 Å². The lowest BCUT2D eigenvalue weighted by Gasteiger charge is -2.21. The molecule has 0 N–H and O–H groups in total. The van der Waals surface area contributed by atoms with E-state index in [-0.39, 0.29) is 21.3 Å². The fourth-order valence-electron chi connectivity index (χ4n) is 2.34. The summed E-state index contributed by atoms with van der Waals surface area (Å²) >= 11 is 5.98. The van der Waals surface area contributed by atoms with Crippen molar-refractivity contribution in [2.75, 3.05) is 14.2 Å². The van der Waals surface area contributed by atoms with E-state index in [4.69, 9.17) is 16.3 Å². The Morgan fingerprint density at radius 1 is 1.33 bits per heavy atom. The average Bonchev–Trinajstić information content (AvgIpc) is 2.56. The molecule has 0 spiro atoms. The lowest BCUT2D eigenvalue weighted by Crippen LogP contribution is -2.30. The van der Waals surface area contributed by atoms with Gasteiger partial charge in [-0.05, 0) is 37.5 Å². The van der Waals surface area contributed by atoms with Crippen LogP contribution in [0.4, 0.5) is 0 Å². The van der Waals surface area contributed by atoms with E-state index < -0.39 is 22.1 Å². The number of hydrogen-bond donors (Lipinski definition) is 0. The first kappa shape index (κ1) is 18.9. The normalized spacial score (nSPS) is 18.7. The molecule has 1 aromatic rings. The van der Waals surface area contributed by atoms with Crippen molar-refractivity contribution in [1.82, 2.24) is 4.47 Å². The van der Waals surface area contributed by atoms with E-state index in [0.29, 0.717) is 17.3 Å². The maximum Gasteiger partial charge on any atom is 0.340 e. The maximum absolute atomic E-state index is 12.3. The summed E-state index contributed by atoms with van der Waals surface area (Å²) in [6.07, 6.45) is 1.62. The molecule has 1 aliphatic rings. The van der Waals surface area contributed by atoms with E-state index in [1.807, 2.05) is 0 Å². The molecule has 0 saturated heterocycles. The molecule has 0 amide bonds. The van der Waals surface area contributed by atoms with Gasteiger partial charge >= 0.3 is 5.97 Å². The average molecular weight is 376 g/mol. The molecule has 1 aliphatic carbocycles. The largest absolute Gasteiger partial charge is 0.451 e. The van der Waals surface area contributed by atoms with Gasteiger partial charge in [-0.2, -0.15) is 0 Å². The molecular formula is C15H18ClNO6S. The van der Waals surface area contributed by atoms with Crippen molar-refractivity contribution in [2.45, 2.75) is 36.7 Å². The first-order chi connectivity index (χ1) is 11.3. The third-order valence-electron chi connectivity index (χ3n) is 3.80. The molecule has 24 heavy (non-hydrogen) atoms. The maximum atomic E-state index is 12.3. The fourth-order valence-corrected chi connectivity index (χ4v) is 3.53. The number of esters is 1. The van der Waals surface area contributed by atoms with E-state index in [1.165, 1.54) is 26.3 Å². The van der Waals surface area contributed by atoms with Gasteiger partial charge in [-0.15, -0.1) is 0 Å². The highest BCUT2D eigenvalue weighted by atomic mass is 35.5. The summed E-state index contributed by atoms with van der Waals surface area (Å²) in [4.78, 5) is 28.6. The van der Waals surface area contributed by atoms with Gasteiger partial charge in [0.1, 0.15) is 0 Å². The third-order valence-corrected chi connectivity index (χ3v) is 5.80. The number of rotatable bonds is 5. The number of Topliss-reactive ketones (excluding diaryl/α,β-unsaturated/α-hetero) is 1. The highest BCUT2D eigenvalue weighted by molar-refractivity contribution is 7.89. The van der Waals surface area contributed by atoms with Crippen molar-refractivity contribution in [3.8, 4) is 0 Å². The summed E-state index contributed by atoms with van der Waals surface area (Å²) in [5.41, 5.74) is -0.111. The minimum atomic E-state index is -3.93. The molecule has 7 nitrogen and oxygen atoms in total. The molecule has 1 saturated carbocycles. The smallest absolute Gasteiger partial charge is 0.340 e. The zero-order valence-electron chi connectivity index (χ0n) is 13.3. The van der Waals surface area contributed by atoms with Gasteiger partial charge in [0, 0.05) is 13.5 Å². The highest BCUT2D eigenvalue weighted by Gasteiger charge is 2.28. The molecule has 1 aromatic carbocycles. The molecule has 0 radical (unpaired) electrons. The quantitative estimate of drug-likeness (QED) is 0.578. The van der Waals surface area contributed by atoms with Crippen LogP contribution in [0.25, 0.3) is 0 Å². The van der Waals surface area contributed by atoms with E-state index in [9.17, 15) is 18.0 Å². The highest BCUT2D eigenvalue weighted by Crippen LogP contribution is 2.25. The van der Waals surface area contributed by atoms with Crippen LogP contribution in [0.3, 0.4) is 0 Å². The van der Waals surface area contributed by atoms with Crippen LogP contribution in [0.5, 0.6) is 0 Å². The van der Waals surface area contributed by atoms with Gasteiger partial charge in [0.05, 0.1) is 22.6 Å². The summed E-state index contributed by atoms with van der Waals surface area (Å²) in [5.74, 6) is -0.953. The summed E-state index contributed by atoms with van der Waals surface area (Å²) in [5, 5.41) is 0.0438. The number of halogens is 1. The lowest BCUT2D eigenvalue weighted by atomic mass is 9.96. The predicted molar refractivity (Wildman–Crippen MR) is 86.1 cm³/mol. The molecule has 9 heteroatoms. The number of sulfonamides is 1. The van der Waals surface area contributed by atoms with Gasteiger partial charge in [-0.25, -0.2) is 13.2 Å². The SMILES string of the molecule is CON(C)S(=O)(=O)c1ccc(Cl)c(C(=O)O[C@@H]2CCCCC2=O)c1. The molecule has 0 heterocycles. The molecule has 0 aliphatic heterocycles. The third kappa shape index (κ3) is 3.94. The Hall–Kier alpha value is -1.48. The molecular weight excluding hydrogens is 358 g/mol.